The first kappa shape index (κ1) is 23.6. The summed E-state index contributed by atoms with van der Waals surface area (Å²) in [5.74, 6) is 0.851. The van der Waals surface area contributed by atoms with E-state index in [2.05, 4.69) is 6.92 Å². The van der Waals surface area contributed by atoms with Crippen LogP contribution in [0.3, 0.4) is 0 Å². The number of unbranched alkanes of at least 4 members (excludes halogenated alkanes) is 4. The number of rotatable bonds is 9. The number of ether oxygens (including phenoxy) is 1. The molecular formula is C19H23KO5S. The quantitative estimate of drug-likeness (QED) is 0.388. The average Bonchev–Trinajstić information content (AvgIpc) is 2.56. The summed E-state index contributed by atoms with van der Waals surface area (Å²) in [6.07, 6.45) is 5.81. The molecule has 0 heterocycles. The zero-order chi connectivity index (χ0) is 18.3. The Balaban J connectivity index is 0.00000338. The van der Waals surface area contributed by atoms with Crippen molar-refractivity contribution in [1.82, 2.24) is 0 Å². The Morgan fingerprint density at radius 1 is 0.962 bits per heavy atom. The first-order valence-corrected chi connectivity index (χ1v) is 9.89. The van der Waals surface area contributed by atoms with Crippen LogP contribution < -0.4 is 61.2 Å². The van der Waals surface area contributed by atoms with Gasteiger partial charge in [-0.1, -0.05) is 44.7 Å². The topological polar surface area (TPSA) is 86.7 Å². The van der Waals surface area contributed by atoms with Crippen LogP contribution in [0.4, 0.5) is 0 Å². The Labute approximate surface area is 198 Å². The van der Waals surface area contributed by atoms with Crippen molar-refractivity contribution in [3.05, 3.63) is 48.0 Å². The Hall–Kier alpha value is -0.414. The van der Waals surface area contributed by atoms with E-state index in [0.29, 0.717) is 23.5 Å². The van der Waals surface area contributed by atoms with E-state index in [1.165, 1.54) is 24.3 Å². The Morgan fingerprint density at radius 2 is 1.58 bits per heavy atom. The zero-order valence-electron chi connectivity index (χ0n) is 15.3. The summed E-state index contributed by atoms with van der Waals surface area (Å²) in [5.41, 5.74) is 0.539. The molecule has 0 radical (unpaired) electrons. The fourth-order valence-corrected chi connectivity index (χ4v) is 3.36. The normalized spacial score (nSPS) is 11.0. The van der Waals surface area contributed by atoms with E-state index >= 15 is 0 Å². The molecule has 2 rings (SSSR count). The molecule has 0 spiro atoms. The molecule has 0 saturated heterocycles. The maximum atomic E-state index is 11.6. The van der Waals surface area contributed by atoms with Gasteiger partial charge in [-0.25, -0.2) is 0 Å². The minimum absolute atomic E-state index is 0. The number of hydrogen-bond donors (Lipinski definition) is 1. The molecule has 0 amide bonds. The maximum Gasteiger partial charge on any atom is 1.00 e. The molecule has 136 valence electrons. The first-order chi connectivity index (χ1) is 11.9. The van der Waals surface area contributed by atoms with Crippen LogP contribution >= 0.6 is 0 Å². The van der Waals surface area contributed by atoms with Crippen LogP contribution in [-0.4, -0.2) is 13.0 Å². The molecule has 0 bridgehead atoms. The van der Waals surface area contributed by atoms with Gasteiger partial charge < -0.3 is 9.84 Å². The smallest absolute Gasteiger partial charge is 0.872 e. The molecule has 2 aromatic rings. The SMILES string of the molecule is CCCCCCCc1cc(Oc2ccc([O-])cc2)ccc1S(=O)(=O)O.[K+]. The van der Waals surface area contributed by atoms with Crippen molar-refractivity contribution in [2.24, 2.45) is 0 Å². The van der Waals surface area contributed by atoms with Crippen LogP contribution in [0.1, 0.15) is 44.6 Å². The number of hydrogen-bond acceptors (Lipinski definition) is 4. The van der Waals surface area contributed by atoms with E-state index < -0.39 is 10.1 Å². The van der Waals surface area contributed by atoms with Crippen molar-refractivity contribution in [3.8, 4) is 17.2 Å². The van der Waals surface area contributed by atoms with Crippen molar-refractivity contribution in [2.45, 2.75) is 50.3 Å². The van der Waals surface area contributed by atoms with Crippen LogP contribution in [0, 0.1) is 0 Å². The van der Waals surface area contributed by atoms with Gasteiger partial charge in [-0.2, -0.15) is 8.42 Å². The fourth-order valence-electron chi connectivity index (χ4n) is 2.63. The molecule has 1 N–H and O–H groups in total. The third-order valence-corrected chi connectivity index (χ3v) is 4.87. The monoisotopic (exact) mass is 402 g/mol. The van der Waals surface area contributed by atoms with Gasteiger partial charge in [0.05, 0.1) is 4.90 Å². The Kier molecular flexibility index (Phi) is 10.4. The molecule has 0 aromatic heterocycles. The van der Waals surface area contributed by atoms with Gasteiger partial charge in [-0.05, 0) is 48.7 Å². The molecule has 2 aromatic carbocycles. The fraction of sp³-hybridized carbons (Fsp3) is 0.368. The van der Waals surface area contributed by atoms with E-state index in [-0.39, 0.29) is 62.0 Å². The molecule has 7 heteroatoms. The van der Waals surface area contributed by atoms with E-state index in [9.17, 15) is 18.1 Å². The third kappa shape index (κ3) is 7.68. The standard InChI is InChI=1S/C19H24O5S.K/c1-2-3-4-5-6-7-15-14-18(12-13-19(15)25(21,22)23)24-17-10-8-16(20)9-11-17;/h8-14,20H,2-7H2,1H3,(H,21,22,23);/q;+1/p-1. The van der Waals surface area contributed by atoms with Gasteiger partial charge in [0.25, 0.3) is 10.1 Å². The van der Waals surface area contributed by atoms with Gasteiger partial charge in [0.15, 0.2) is 0 Å². The van der Waals surface area contributed by atoms with Crippen LogP contribution in [-0.2, 0) is 16.5 Å². The van der Waals surface area contributed by atoms with Gasteiger partial charge >= 0.3 is 51.4 Å². The van der Waals surface area contributed by atoms with Gasteiger partial charge in [0.2, 0.25) is 0 Å². The first-order valence-electron chi connectivity index (χ1n) is 8.45. The minimum atomic E-state index is -4.27. The second-order valence-electron chi connectivity index (χ2n) is 5.98. The number of aryl methyl sites for hydroxylation is 1. The van der Waals surface area contributed by atoms with Crippen molar-refractivity contribution < 1.29 is 74.2 Å². The molecule has 0 saturated carbocycles. The van der Waals surface area contributed by atoms with Gasteiger partial charge in [0, 0.05) is 0 Å². The molecule has 5 nitrogen and oxygen atoms in total. The molecule has 0 unspecified atom stereocenters. The van der Waals surface area contributed by atoms with Crippen molar-refractivity contribution in [3.63, 3.8) is 0 Å². The molecule has 26 heavy (non-hydrogen) atoms. The van der Waals surface area contributed by atoms with Gasteiger partial charge in [-0.3, -0.25) is 4.55 Å². The Bertz CT molecular complexity index is 788. The molecular weight excluding hydrogens is 379 g/mol. The van der Waals surface area contributed by atoms with E-state index in [1.54, 1.807) is 18.2 Å². The van der Waals surface area contributed by atoms with Gasteiger partial charge in [0.1, 0.15) is 11.5 Å². The molecule has 0 aliphatic carbocycles. The zero-order valence-corrected chi connectivity index (χ0v) is 19.2. The number of benzene rings is 2. The van der Waals surface area contributed by atoms with E-state index in [4.69, 9.17) is 4.74 Å². The minimum Gasteiger partial charge on any atom is -0.872 e. The van der Waals surface area contributed by atoms with E-state index in [0.717, 1.165) is 32.1 Å². The van der Waals surface area contributed by atoms with Crippen LogP contribution in [0.15, 0.2) is 47.4 Å². The molecule has 0 atom stereocenters. The second-order valence-corrected chi connectivity index (χ2v) is 7.37. The summed E-state index contributed by atoms with van der Waals surface area (Å²) >= 11 is 0. The summed E-state index contributed by atoms with van der Waals surface area (Å²) in [7, 11) is -4.27. The molecule has 0 aliphatic heterocycles. The summed E-state index contributed by atoms with van der Waals surface area (Å²) in [5, 5.41) is 11.1. The molecule has 0 aliphatic rings. The van der Waals surface area contributed by atoms with Crippen LogP contribution in [0.2, 0.25) is 0 Å². The summed E-state index contributed by atoms with van der Waals surface area (Å²) in [6.45, 7) is 2.14. The van der Waals surface area contributed by atoms with Crippen LogP contribution in [0.5, 0.6) is 17.2 Å². The summed E-state index contributed by atoms with van der Waals surface area (Å²) in [6, 6.07) is 10.4. The van der Waals surface area contributed by atoms with Gasteiger partial charge in [-0.15, -0.1) is 5.75 Å². The Morgan fingerprint density at radius 3 is 2.19 bits per heavy atom. The summed E-state index contributed by atoms with van der Waals surface area (Å²) < 4.78 is 38.2. The molecule has 0 fully saturated rings. The largest absolute Gasteiger partial charge is 1.00 e. The maximum absolute atomic E-state index is 11.6. The second kappa shape index (κ2) is 11.4. The van der Waals surface area contributed by atoms with E-state index in [1.807, 2.05) is 0 Å². The summed E-state index contributed by atoms with van der Waals surface area (Å²) in [4.78, 5) is -0.0785. The average molecular weight is 403 g/mol. The van der Waals surface area contributed by atoms with Crippen molar-refractivity contribution >= 4 is 10.1 Å². The van der Waals surface area contributed by atoms with Crippen molar-refractivity contribution in [1.29, 1.82) is 0 Å². The predicted molar refractivity (Wildman–Crippen MR) is 94.7 cm³/mol. The predicted octanol–water partition coefficient (Wildman–Crippen LogP) is 1.32. The third-order valence-electron chi connectivity index (χ3n) is 3.92. The van der Waals surface area contributed by atoms with Crippen LogP contribution in [0.25, 0.3) is 0 Å². The van der Waals surface area contributed by atoms with Crippen molar-refractivity contribution in [2.75, 3.05) is 0 Å².